The van der Waals surface area contributed by atoms with Crippen molar-refractivity contribution < 1.29 is 9.53 Å². The van der Waals surface area contributed by atoms with E-state index in [9.17, 15) is 4.79 Å². The Balaban J connectivity index is 2.64. The quantitative estimate of drug-likeness (QED) is 0.925. The van der Waals surface area contributed by atoms with Crippen LogP contribution in [0.25, 0.3) is 0 Å². The number of halogens is 1. The van der Waals surface area contributed by atoms with Crippen LogP contribution in [0.3, 0.4) is 0 Å². The molecule has 0 saturated carbocycles. The molecule has 1 aromatic rings. The summed E-state index contributed by atoms with van der Waals surface area (Å²) in [5.74, 6) is 0. The molecular weight excluding hydrogens is 308 g/mol. The van der Waals surface area contributed by atoms with Gasteiger partial charge in [0, 0.05) is 24.1 Å². The van der Waals surface area contributed by atoms with Gasteiger partial charge in [-0.25, -0.2) is 4.79 Å². The Morgan fingerprint density at radius 3 is 2.53 bits per heavy atom. The third-order valence-corrected chi connectivity index (χ3v) is 3.20. The fourth-order valence-corrected chi connectivity index (χ4v) is 2.16. The predicted octanol–water partition coefficient (Wildman–Crippen LogP) is 3.32. The van der Waals surface area contributed by atoms with Crippen LogP contribution >= 0.6 is 15.9 Å². The summed E-state index contributed by atoms with van der Waals surface area (Å²) in [7, 11) is 1.69. The molecule has 2 N–H and O–H groups in total. The number of likely N-dealkylation sites (N-methyl/N-ethyl adjacent to an activating group) is 1. The van der Waals surface area contributed by atoms with E-state index in [0.717, 1.165) is 10.0 Å². The van der Waals surface area contributed by atoms with E-state index in [1.54, 1.807) is 7.05 Å². The van der Waals surface area contributed by atoms with Gasteiger partial charge in [0.1, 0.15) is 5.60 Å². The van der Waals surface area contributed by atoms with Crippen LogP contribution in [-0.2, 0) is 4.74 Å². The highest BCUT2D eigenvalue weighted by molar-refractivity contribution is 9.10. The lowest BCUT2D eigenvalue weighted by Gasteiger charge is -2.26. The van der Waals surface area contributed by atoms with Crippen molar-refractivity contribution in [2.24, 2.45) is 5.73 Å². The zero-order chi connectivity index (χ0) is 14.6. The van der Waals surface area contributed by atoms with E-state index in [2.05, 4.69) is 15.9 Å². The number of ether oxygens (including phenoxy) is 1. The number of rotatable bonds is 3. The summed E-state index contributed by atoms with van der Waals surface area (Å²) in [6.45, 7) is 5.92. The van der Waals surface area contributed by atoms with E-state index in [1.807, 2.05) is 45.0 Å². The van der Waals surface area contributed by atoms with E-state index < -0.39 is 5.60 Å². The first-order valence-corrected chi connectivity index (χ1v) is 6.94. The van der Waals surface area contributed by atoms with Gasteiger partial charge in [-0.2, -0.15) is 0 Å². The second kappa shape index (κ2) is 6.39. The van der Waals surface area contributed by atoms with E-state index in [0.29, 0.717) is 6.54 Å². The number of nitrogens with zero attached hydrogens (tertiary/aromatic N) is 1. The van der Waals surface area contributed by atoms with E-state index in [4.69, 9.17) is 10.5 Å². The van der Waals surface area contributed by atoms with Gasteiger partial charge in [-0.15, -0.1) is 0 Å². The first-order valence-electron chi connectivity index (χ1n) is 6.15. The molecule has 0 aliphatic carbocycles. The Bertz CT molecular complexity index is 443. The SMILES string of the molecule is CN(CC(N)c1ccccc1Br)C(=O)OC(C)(C)C. The van der Waals surface area contributed by atoms with Crippen molar-refractivity contribution in [2.75, 3.05) is 13.6 Å². The summed E-state index contributed by atoms with van der Waals surface area (Å²) >= 11 is 3.46. The predicted molar refractivity (Wildman–Crippen MR) is 79.9 cm³/mol. The maximum Gasteiger partial charge on any atom is 0.410 e. The molecule has 1 amide bonds. The van der Waals surface area contributed by atoms with Gasteiger partial charge in [-0.05, 0) is 32.4 Å². The maximum absolute atomic E-state index is 11.8. The summed E-state index contributed by atoms with van der Waals surface area (Å²) in [4.78, 5) is 13.3. The topological polar surface area (TPSA) is 55.6 Å². The normalized spacial score (nSPS) is 12.9. The Morgan fingerprint density at radius 2 is 2.00 bits per heavy atom. The minimum absolute atomic E-state index is 0.256. The fraction of sp³-hybridized carbons (Fsp3) is 0.500. The number of nitrogens with two attached hydrogens (primary N) is 1. The standard InChI is InChI=1S/C14H21BrN2O2/c1-14(2,3)19-13(18)17(4)9-12(16)10-7-5-6-8-11(10)15/h5-8,12H,9,16H2,1-4H3. The summed E-state index contributed by atoms with van der Waals surface area (Å²) in [6.07, 6.45) is -0.366. The molecule has 0 bridgehead atoms. The molecule has 0 saturated heterocycles. The van der Waals surface area contributed by atoms with Crippen molar-refractivity contribution in [1.29, 1.82) is 0 Å². The van der Waals surface area contributed by atoms with Crippen LogP contribution < -0.4 is 5.73 Å². The Hall–Kier alpha value is -1.07. The van der Waals surface area contributed by atoms with Crippen LogP contribution in [0.4, 0.5) is 4.79 Å². The van der Waals surface area contributed by atoms with E-state index in [1.165, 1.54) is 4.90 Å². The highest BCUT2D eigenvalue weighted by Gasteiger charge is 2.21. The van der Waals surface area contributed by atoms with Crippen LogP contribution in [0.2, 0.25) is 0 Å². The Labute approximate surface area is 123 Å². The van der Waals surface area contributed by atoms with Crippen molar-refractivity contribution >= 4 is 22.0 Å². The van der Waals surface area contributed by atoms with Crippen LogP contribution in [0.5, 0.6) is 0 Å². The van der Waals surface area contributed by atoms with Crippen LogP contribution in [0.1, 0.15) is 32.4 Å². The van der Waals surface area contributed by atoms with Gasteiger partial charge in [0.05, 0.1) is 0 Å². The molecule has 19 heavy (non-hydrogen) atoms. The minimum Gasteiger partial charge on any atom is -0.444 e. The van der Waals surface area contributed by atoms with Crippen molar-refractivity contribution in [1.82, 2.24) is 4.90 Å². The zero-order valence-electron chi connectivity index (χ0n) is 11.8. The highest BCUT2D eigenvalue weighted by atomic mass is 79.9. The lowest BCUT2D eigenvalue weighted by molar-refractivity contribution is 0.0289. The van der Waals surface area contributed by atoms with Gasteiger partial charge in [-0.1, -0.05) is 34.1 Å². The molecule has 1 unspecified atom stereocenters. The smallest absolute Gasteiger partial charge is 0.410 e. The molecule has 0 aliphatic heterocycles. The van der Waals surface area contributed by atoms with Crippen LogP contribution in [-0.4, -0.2) is 30.2 Å². The average Bonchev–Trinajstić information content (AvgIpc) is 2.27. The second-order valence-corrected chi connectivity index (χ2v) is 6.34. The summed E-state index contributed by atoms with van der Waals surface area (Å²) < 4.78 is 6.23. The molecule has 1 rings (SSSR count). The number of benzene rings is 1. The first kappa shape index (κ1) is 16.0. The molecule has 4 nitrogen and oxygen atoms in total. The van der Waals surface area contributed by atoms with Crippen molar-refractivity contribution in [2.45, 2.75) is 32.4 Å². The Kier molecular flexibility index (Phi) is 5.38. The van der Waals surface area contributed by atoms with Gasteiger partial charge in [0.15, 0.2) is 0 Å². The molecule has 5 heteroatoms. The van der Waals surface area contributed by atoms with Crippen molar-refractivity contribution in [3.63, 3.8) is 0 Å². The second-order valence-electron chi connectivity index (χ2n) is 5.49. The van der Waals surface area contributed by atoms with Crippen molar-refractivity contribution in [3.05, 3.63) is 34.3 Å². The highest BCUT2D eigenvalue weighted by Crippen LogP contribution is 2.22. The molecule has 0 spiro atoms. The molecule has 1 aromatic carbocycles. The summed E-state index contributed by atoms with van der Waals surface area (Å²) in [5.41, 5.74) is 6.59. The molecule has 0 radical (unpaired) electrons. The fourth-order valence-electron chi connectivity index (χ4n) is 1.58. The molecule has 0 heterocycles. The molecular formula is C14H21BrN2O2. The Morgan fingerprint density at radius 1 is 1.42 bits per heavy atom. The van der Waals surface area contributed by atoms with Gasteiger partial charge >= 0.3 is 6.09 Å². The van der Waals surface area contributed by atoms with Gasteiger partial charge < -0.3 is 15.4 Å². The van der Waals surface area contributed by atoms with Crippen LogP contribution in [0.15, 0.2) is 28.7 Å². The van der Waals surface area contributed by atoms with Gasteiger partial charge in [0.2, 0.25) is 0 Å². The number of carbonyl (C=O) groups is 1. The summed E-state index contributed by atoms with van der Waals surface area (Å²) in [5, 5.41) is 0. The summed E-state index contributed by atoms with van der Waals surface area (Å²) in [6, 6.07) is 7.47. The largest absolute Gasteiger partial charge is 0.444 e. The third kappa shape index (κ3) is 5.20. The zero-order valence-corrected chi connectivity index (χ0v) is 13.4. The maximum atomic E-state index is 11.8. The molecule has 106 valence electrons. The molecule has 0 aromatic heterocycles. The number of amides is 1. The minimum atomic E-state index is -0.497. The van der Waals surface area contributed by atoms with Gasteiger partial charge in [-0.3, -0.25) is 0 Å². The average molecular weight is 329 g/mol. The number of hydrogen-bond donors (Lipinski definition) is 1. The molecule has 0 aliphatic rings. The number of hydrogen-bond acceptors (Lipinski definition) is 3. The van der Waals surface area contributed by atoms with Gasteiger partial charge in [0.25, 0.3) is 0 Å². The number of carbonyl (C=O) groups excluding carboxylic acids is 1. The lowest BCUT2D eigenvalue weighted by atomic mass is 10.1. The molecule has 0 fully saturated rings. The van der Waals surface area contributed by atoms with Crippen molar-refractivity contribution in [3.8, 4) is 0 Å². The van der Waals surface area contributed by atoms with E-state index >= 15 is 0 Å². The lowest BCUT2D eigenvalue weighted by Crippen LogP contribution is -2.38. The monoisotopic (exact) mass is 328 g/mol. The van der Waals surface area contributed by atoms with Crippen LogP contribution in [0, 0.1) is 0 Å². The first-order chi connectivity index (χ1) is 8.70. The van der Waals surface area contributed by atoms with E-state index in [-0.39, 0.29) is 12.1 Å². The molecule has 1 atom stereocenters. The third-order valence-electron chi connectivity index (χ3n) is 2.48.